The van der Waals surface area contributed by atoms with Crippen LogP contribution >= 0.6 is 0 Å². The van der Waals surface area contributed by atoms with Crippen LogP contribution in [0.1, 0.15) is 12.0 Å². The summed E-state index contributed by atoms with van der Waals surface area (Å²) in [6.07, 6.45) is 0.142. The number of sulfonamides is 1. The molecule has 1 amide bonds. The van der Waals surface area contributed by atoms with E-state index < -0.39 is 16.1 Å². The highest BCUT2D eigenvalue weighted by Crippen LogP contribution is 2.23. The monoisotopic (exact) mass is 360 g/mol. The second-order valence-electron chi connectivity index (χ2n) is 6.04. The van der Waals surface area contributed by atoms with E-state index in [-0.39, 0.29) is 17.2 Å². The maximum absolute atomic E-state index is 12.5. The SMILES string of the molecule is COc1ccc(S(=O)(=O)NC2CC(=O)N(c3ccc(C)cc3)C2)cc1. The van der Waals surface area contributed by atoms with Crippen molar-refractivity contribution >= 4 is 21.6 Å². The van der Waals surface area contributed by atoms with Crippen LogP contribution in [0.2, 0.25) is 0 Å². The van der Waals surface area contributed by atoms with Gasteiger partial charge in [-0.3, -0.25) is 4.79 Å². The van der Waals surface area contributed by atoms with E-state index in [2.05, 4.69) is 4.72 Å². The van der Waals surface area contributed by atoms with Crippen molar-refractivity contribution in [3.05, 3.63) is 54.1 Å². The minimum absolute atomic E-state index is 0.0914. The maximum atomic E-state index is 12.5. The predicted molar refractivity (Wildman–Crippen MR) is 95.3 cm³/mol. The second kappa shape index (κ2) is 6.85. The zero-order valence-electron chi connectivity index (χ0n) is 14.1. The summed E-state index contributed by atoms with van der Waals surface area (Å²) in [7, 11) is -2.17. The second-order valence-corrected chi connectivity index (χ2v) is 7.75. The summed E-state index contributed by atoms with van der Waals surface area (Å²) < 4.78 is 32.7. The van der Waals surface area contributed by atoms with Gasteiger partial charge in [-0.05, 0) is 43.3 Å². The Labute approximate surface area is 147 Å². The quantitative estimate of drug-likeness (QED) is 0.886. The molecule has 25 heavy (non-hydrogen) atoms. The lowest BCUT2D eigenvalue weighted by Gasteiger charge is -2.17. The van der Waals surface area contributed by atoms with Crippen molar-refractivity contribution in [1.82, 2.24) is 4.72 Å². The van der Waals surface area contributed by atoms with Gasteiger partial charge >= 0.3 is 0 Å². The molecule has 3 rings (SSSR count). The van der Waals surface area contributed by atoms with E-state index in [4.69, 9.17) is 4.74 Å². The van der Waals surface area contributed by atoms with Gasteiger partial charge in [0.2, 0.25) is 15.9 Å². The molecule has 1 aliphatic heterocycles. The Morgan fingerprint density at radius 2 is 1.72 bits per heavy atom. The topological polar surface area (TPSA) is 75.7 Å². The fourth-order valence-corrected chi connectivity index (χ4v) is 4.03. The Balaban J connectivity index is 1.72. The molecule has 2 aromatic rings. The molecule has 1 atom stereocenters. The van der Waals surface area contributed by atoms with Crippen molar-refractivity contribution in [3.8, 4) is 5.75 Å². The first kappa shape index (κ1) is 17.4. The molecular weight excluding hydrogens is 340 g/mol. The van der Waals surface area contributed by atoms with E-state index in [9.17, 15) is 13.2 Å². The minimum atomic E-state index is -3.69. The lowest BCUT2D eigenvalue weighted by molar-refractivity contribution is -0.117. The summed E-state index contributed by atoms with van der Waals surface area (Å²) in [5.41, 5.74) is 1.88. The van der Waals surface area contributed by atoms with E-state index in [1.807, 2.05) is 31.2 Å². The first-order valence-electron chi connectivity index (χ1n) is 7.92. The Hall–Kier alpha value is -2.38. The molecule has 1 unspecified atom stereocenters. The number of ether oxygens (including phenoxy) is 1. The highest BCUT2D eigenvalue weighted by Gasteiger charge is 2.33. The average Bonchev–Trinajstić information content (AvgIpc) is 2.95. The van der Waals surface area contributed by atoms with Crippen LogP contribution in [0.4, 0.5) is 5.69 Å². The summed E-state index contributed by atoms with van der Waals surface area (Å²) in [6, 6.07) is 13.3. The molecule has 132 valence electrons. The summed E-state index contributed by atoms with van der Waals surface area (Å²) in [4.78, 5) is 14.0. The number of nitrogens with one attached hydrogen (secondary N) is 1. The Morgan fingerprint density at radius 3 is 2.32 bits per heavy atom. The molecule has 0 spiro atoms. The number of carbonyl (C=O) groups excluding carboxylic acids is 1. The molecule has 1 saturated heterocycles. The molecule has 0 aromatic heterocycles. The predicted octanol–water partition coefficient (Wildman–Crippen LogP) is 2.09. The third-order valence-electron chi connectivity index (χ3n) is 4.16. The number of amides is 1. The van der Waals surface area contributed by atoms with E-state index in [1.54, 1.807) is 17.0 Å². The highest BCUT2D eigenvalue weighted by molar-refractivity contribution is 7.89. The van der Waals surface area contributed by atoms with E-state index >= 15 is 0 Å². The number of aryl methyl sites for hydroxylation is 1. The Kier molecular flexibility index (Phi) is 4.78. The summed E-state index contributed by atoms with van der Waals surface area (Å²) in [5, 5.41) is 0. The third-order valence-corrected chi connectivity index (χ3v) is 5.70. The molecule has 1 aliphatic rings. The standard InChI is InChI=1S/C18H20N2O4S/c1-13-3-5-15(6-4-13)20-12-14(11-18(20)21)19-25(22,23)17-9-7-16(24-2)8-10-17/h3-10,14,19H,11-12H2,1-2H3. The smallest absolute Gasteiger partial charge is 0.240 e. The van der Waals surface area contributed by atoms with Gasteiger partial charge in [0.1, 0.15) is 5.75 Å². The maximum Gasteiger partial charge on any atom is 0.240 e. The number of methoxy groups -OCH3 is 1. The van der Waals surface area contributed by atoms with Crippen LogP contribution in [-0.2, 0) is 14.8 Å². The van der Waals surface area contributed by atoms with Gasteiger partial charge in [0.15, 0.2) is 0 Å². The summed E-state index contributed by atoms with van der Waals surface area (Å²) in [5.74, 6) is 0.492. The highest BCUT2D eigenvalue weighted by atomic mass is 32.2. The van der Waals surface area contributed by atoms with Crippen LogP contribution in [-0.4, -0.2) is 34.0 Å². The van der Waals surface area contributed by atoms with Gasteiger partial charge in [-0.2, -0.15) is 0 Å². The molecule has 2 aromatic carbocycles. The van der Waals surface area contributed by atoms with Gasteiger partial charge in [0.25, 0.3) is 0 Å². The number of carbonyl (C=O) groups is 1. The van der Waals surface area contributed by atoms with Gasteiger partial charge in [0, 0.05) is 24.7 Å². The lowest BCUT2D eigenvalue weighted by Crippen LogP contribution is -2.37. The molecule has 1 N–H and O–H groups in total. The Morgan fingerprint density at radius 1 is 1.08 bits per heavy atom. The molecule has 0 aliphatic carbocycles. The van der Waals surface area contributed by atoms with Crippen molar-refractivity contribution in [1.29, 1.82) is 0 Å². The van der Waals surface area contributed by atoms with Gasteiger partial charge in [-0.15, -0.1) is 0 Å². The molecule has 0 radical (unpaired) electrons. The van der Waals surface area contributed by atoms with E-state index in [0.29, 0.717) is 12.3 Å². The van der Waals surface area contributed by atoms with Crippen LogP contribution in [0.3, 0.4) is 0 Å². The summed E-state index contributed by atoms with van der Waals surface area (Å²) >= 11 is 0. The number of hydrogen-bond acceptors (Lipinski definition) is 4. The molecular formula is C18H20N2O4S. The molecule has 1 heterocycles. The molecule has 0 saturated carbocycles. The number of anilines is 1. The van der Waals surface area contributed by atoms with Crippen molar-refractivity contribution in [3.63, 3.8) is 0 Å². The van der Waals surface area contributed by atoms with Gasteiger partial charge in [-0.1, -0.05) is 17.7 Å². The molecule has 0 bridgehead atoms. The Bertz CT molecular complexity index is 861. The van der Waals surface area contributed by atoms with Crippen LogP contribution in [0.15, 0.2) is 53.4 Å². The van der Waals surface area contributed by atoms with E-state index in [0.717, 1.165) is 11.3 Å². The minimum Gasteiger partial charge on any atom is -0.497 e. The van der Waals surface area contributed by atoms with Gasteiger partial charge in [-0.25, -0.2) is 13.1 Å². The van der Waals surface area contributed by atoms with Crippen molar-refractivity contribution in [2.45, 2.75) is 24.3 Å². The van der Waals surface area contributed by atoms with Crippen LogP contribution in [0.5, 0.6) is 5.75 Å². The number of nitrogens with zero attached hydrogens (tertiary/aromatic N) is 1. The van der Waals surface area contributed by atoms with Crippen molar-refractivity contribution < 1.29 is 17.9 Å². The normalized spacial score (nSPS) is 17.8. The first-order valence-corrected chi connectivity index (χ1v) is 9.41. The fourth-order valence-electron chi connectivity index (χ4n) is 2.80. The van der Waals surface area contributed by atoms with Crippen molar-refractivity contribution in [2.24, 2.45) is 0 Å². The number of rotatable bonds is 5. The average molecular weight is 360 g/mol. The van der Waals surface area contributed by atoms with E-state index in [1.165, 1.54) is 19.2 Å². The number of benzene rings is 2. The largest absolute Gasteiger partial charge is 0.497 e. The first-order chi connectivity index (χ1) is 11.9. The third kappa shape index (κ3) is 3.83. The zero-order valence-corrected chi connectivity index (χ0v) is 14.9. The molecule has 7 heteroatoms. The number of hydrogen-bond donors (Lipinski definition) is 1. The zero-order chi connectivity index (χ0) is 18.0. The summed E-state index contributed by atoms with van der Waals surface area (Å²) in [6.45, 7) is 2.29. The lowest BCUT2D eigenvalue weighted by atomic mass is 10.2. The fraction of sp³-hybridized carbons (Fsp3) is 0.278. The van der Waals surface area contributed by atoms with Gasteiger partial charge < -0.3 is 9.64 Å². The molecule has 6 nitrogen and oxygen atoms in total. The van der Waals surface area contributed by atoms with Crippen LogP contribution in [0, 0.1) is 6.92 Å². The molecule has 1 fully saturated rings. The van der Waals surface area contributed by atoms with Crippen LogP contribution in [0.25, 0.3) is 0 Å². The van der Waals surface area contributed by atoms with Gasteiger partial charge in [0.05, 0.1) is 12.0 Å². The van der Waals surface area contributed by atoms with Crippen LogP contribution < -0.4 is 14.4 Å². The van der Waals surface area contributed by atoms with Crippen molar-refractivity contribution in [2.75, 3.05) is 18.6 Å².